The zero-order valence-electron chi connectivity index (χ0n) is 11.3. The van der Waals surface area contributed by atoms with Gasteiger partial charge in [-0.1, -0.05) is 0 Å². The molecular weight excluding hydrogens is 242 g/mol. The fourth-order valence-electron chi connectivity index (χ4n) is 2.22. The SMILES string of the molecule is CCOc1ccc2c(c1)nc(CCCN)n2CCO. The molecule has 0 saturated carbocycles. The van der Waals surface area contributed by atoms with E-state index in [-0.39, 0.29) is 6.61 Å². The van der Waals surface area contributed by atoms with Gasteiger partial charge in [0.15, 0.2) is 0 Å². The van der Waals surface area contributed by atoms with Gasteiger partial charge in [-0.2, -0.15) is 0 Å². The number of hydrogen-bond acceptors (Lipinski definition) is 4. The molecule has 0 saturated heterocycles. The number of hydrogen-bond donors (Lipinski definition) is 2. The summed E-state index contributed by atoms with van der Waals surface area (Å²) in [4.78, 5) is 4.63. The molecule has 0 aliphatic heterocycles. The standard InChI is InChI=1S/C14H21N3O2/c1-2-19-11-5-6-13-12(10-11)16-14(4-3-7-15)17(13)8-9-18/h5-6,10,18H,2-4,7-9,15H2,1H3. The molecule has 0 atom stereocenters. The molecule has 1 aromatic carbocycles. The third-order valence-corrected chi connectivity index (χ3v) is 3.04. The number of benzene rings is 1. The van der Waals surface area contributed by atoms with Gasteiger partial charge >= 0.3 is 0 Å². The average Bonchev–Trinajstić information content (AvgIpc) is 2.75. The Morgan fingerprint density at radius 3 is 2.95 bits per heavy atom. The van der Waals surface area contributed by atoms with E-state index in [0.717, 1.165) is 35.4 Å². The van der Waals surface area contributed by atoms with Gasteiger partial charge in [-0.05, 0) is 32.0 Å². The van der Waals surface area contributed by atoms with Crippen molar-refractivity contribution in [3.63, 3.8) is 0 Å². The van der Waals surface area contributed by atoms with Gasteiger partial charge in [0.2, 0.25) is 0 Å². The predicted octanol–water partition coefficient (Wildman–Crippen LogP) is 1.32. The Labute approximate surface area is 113 Å². The third kappa shape index (κ3) is 3.05. The van der Waals surface area contributed by atoms with E-state index >= 15 is 0 Å². The van der Waals surface area contributed by atoms with Crippen LogP contribution in [0.25, 0.3) is 11.0 Å². The Morgan fingerprint density at radius 2 is 2.26 bits per heavy atom. The molecule has 104 valence electrons. The number of nitrogens with zero attached hydrogens (tertiary/aromatic N) is 2. The van der Waals surface area contributed by atoms with E-state index in [9.17, 15) is 5.11 Å². The molecule has 0 bridgehead atoms. The Hall–Kier alpha value is -1.59. The quantitative estimate of drug-likeness (QED) is 0.790. The van der Waals surface area contributed by atoms with Crippen molar-refractivity contribution in [2.75, 3.05) is 19.8 Å². The summed E-state index contributed by atoms with van der Waals surface area (Å²) < 4.78 is 7.54. The number of rotatable bonds is 7. The van der Waals surface area contributed by atoms with Gasteiger partial charge in [-0.25, -0.2) is 4.98 Å². The molecule has 0 radical (unpaired) electrons. The van der Waals surface area contributed by atoms with Gasteiger partial charge in [-0.15, -0.1) is 0 Å². The molecule has 0 aliphatic carbocycles. The van der Waals surface area contributed by atoms with Crippen LogP contribution < -0.4 is 10.5 Å². The van der Waals surface area contributed by atoms with Gasteiger partial charge in [0, 0.05) is 19.0 Å². The highest BCUT2D eigenvalue weighted by Crippen LogP contribution is 2.22. The van der Waals surface area contributed by atoms with E-state index < -0.39 is 0 Å². The lowest BCUT2D eigenvalue weighted by atomic mass is 10.3. The highest BCUT2D eigenvalue weighted by atomic mass is 16.5. The molecule has 0 fully saturated rings. The van der Waals surface area contributed by atoms with Crippen LogP contribution in [0.4, 0.5) is 0 Å². The second-order valence-electron chi connectivity index (χ2n) is 4.38. The molecule has 1 heterocycles. The van der Waals surface area contributed by atoms with Crippen LogP contribution >= 0.6 is 0 Å². The van der Waals surface area contributed by atoms with E-state index in [2.05, 4.69) is 9.55 Å². The summed E-state index contributed by atoms with van der Waals surface area (Å²) in [6, 6.07) is 5.88. The lowest BCUT2D eigenvalue weighted by molar-refractivity contribution is 0.276. The maximum Gasteiger partial charge on any atom is 0.121 e. The summed E-state index contributed by atoms with van der Waals surface area (Å²) in [5.74, 6) is 1.80. The zero-order valence-corrected chi connectivity index (χ0v) is 11.3. The fourth-order valence-corrected chi connectivity index (χ4v) is 2.22. The Morgan fingerprint density at radius 1 is 1.42 bits per heavy atom. The van der Waals surface area contributed by atoms with Crippen molar-refractivity contribution in [3.8, 4) is 5.75 Å². The highest BCUT2D eigenvalue weighted by molar-refractivity contribution is 5.77. The first kappa shape index (κ1) is 13.8. The zero-order chi connectivity index (χ0) is 13.7. The van der Waals surface area contributed by atoms with E-state index in [1.54, 1.807) is 0 Å². The summed E-state index contributed by atoms with van der Waals surface area (Å²) in [6.45, 7) is 3.91. The van der Waals surface area contributed by atoms with Crippen molar-refractivity contribution in [1.82, 2.24) is 9.55 Å². The summed E-state index contributed by atoms with van der Waals surface area (Å²) in [5, 5.41) is 9.19. The normalized spacial score (nSPS) is 11.1. The van der Waals surface area contributed by atoms with Crippen LogP contribution in [0, 0.1) is 0 Å². The molecule has 0 unspecified atom stereocenters. The number of aliphatic hydroxyl groups excluding tert-OH is 1. The number of aliphatic hydroxyl groups is 1. The second-order valence-corrected chi connectivity index (χ2v) is 4.38. The molecule has 1 aromatic heterocycles. The first-order valence-corrected chi connectivity index (χ1v) is 6.73. The van der Waals surface area contributed by atoms with Crippen molar-refractivity contribution in [2.45, 2.75) is 26.3 Å². The Bertz CT molecular complexity index is 537. The molecule has 19 heavy (non-hydrogen) atoms. The molecule has 0 aliphatic rings. The molecule has 5 nitrogen and oxygen atoms in total. The molecule has 3 N–H and O–H groups in total. The number of imidazole rings is 1. The first-order chi connectivity index (χ1) is 9.30. The van der Waals surface area contributed by atoms with Crippen LogP contribution in [0.5, 0.6) is 5.75 Å². The Kier molecular flexibility index (Phi) is 4.76. The smallest absolute Gasteiger partial charge is 0.121 e. The van der Waals surface area contributed by atoms with Crippen molar-refractivity contribution in [3.05, 3.63) is 24.0 Å². The van der Waals surface area contributed by atoms with E-state index in [4.69, 9.17) is 10.5 Å². The second kappa shape index (κ2) is 6.54. The highest BCUT2D eigenvalue weighted by Gasteiger charge is 2.10. The van der Waals surface area contributed by atoms with Crippen LogP contribution in [0.3, 0.4) is 0 Å². The number of nitrogens with two attached hydrogens (primary N) is 1. The maximum atomic E-state index is 9.19. The minimum atomic E-state index is 0.105. The summed E-state index contributed by atoms with van der Waals surface area (Å²) >= 11 is 0. The van der Waals surface area contributed by atoms with Crippen LogP contribution in [0.2, 0.25) is 0 Å². The van der Waals surface area contributed by atoms with Crippen molar-refractivity contribution < 1.29 is 9.84 Å². The summed E-state index contributed by atoms with van der Waals surface area (Å²) in [6.07, 6.45) is 1.72. The molecule has 2 rings (SSSR count). The number of aryl methyl sites for hydroxylation is 1. The van der Waals surface area contributed by atoms with Crippen LogP contribution in [-0.2, 0) is 13.0 Å². The van der Waals surface area contributed by atoms with Gasteiger partial charge in [0.25, 0.3) is 0 Å². The van der Waals surface area contributed by atoms with Crippen molar-refractivity contribution >= 4 is 11.0 Å². The van der Waals surface area contributed by atoms with Gasteiger partial charge < -0.3 is 20.1 Å². The van der Waals surface area contributed by atoms with Gasteiger partial charge in [0.05, 0.1) is 24.2 Å². The van der Waals surface area contributed by atoms with Crippen molar-refractivity contribution in [2.24, 2.45) is 5.73 Å². The van der Waals surface area contributed by atoms with Crippen molar-refractivity contribution in [1.29, 1.82) is 0 Å². The number of ether oxygens (including phenoxy) is 1. The number of aromatic nitrogens is 2. The van der Waals surface area contributed by atoms with Crippen LogP contribution in [-0.4, -0.2) is 34.4 Å². The Balaban J connectivity index is 2.39. The van der Waals surface area contributed by atoms with Gasteiger partial charge in [0.1, 0.15) is 11.6 Å². The van der Waals surface area contributed by atoms with E-state index in [1.165, 1.54) is 0 Å². The van der Waals surface area contributed by atoms with E-state index in [1.807, 2.05) is 25.1 Å². The minimum Gasteiger partial charge on any atom is -0.494 e. The maximum absolute atomic E-state index is 9.19. The van der Waals surface area contributed by atoms with E-state index in [0.29, 0.717) is 19.7 Å². The lowest BCUT2D eigenvalue weighted by Crippen LogP contribution is -2.09. The first-order valence-electron chi connectivity index (χ1n) is 6.73. The van der Waals surface area contributed by atoms with Gasteiger partial charge in [-0.3, -0.25) is 0 Å². The fraction of sp³-hybridized carbons (Fsp3) is 0.500. The monoisotopic (exact) mass is 263 g/mol. The largest absolute Gasteiger partial charge is 0.494 e. The molecule has 5 heteroatoms. The summed E-state index contributed by atoms with van der Waals surface area (Å²) in [7, 11) is 0. The average molecular weight is 263 g/mol. The minimum absolute atomic E-state index is 0.105. The lowest BCUT2D eigenvalue weighted by Gasteiger charge is -2.07. The molecule has 2 aromatic rings. The van der Waals surface area contributed by atoms with Crippen LogP contribution in [0.1, 0.15) is 19.2 Å². The van der Waals surface area contributed by atoms with Crippen LogP contribution in [0.15, 0.2) is 18.2 Å². The molecular formula is C14H21N3O2. The third-order valence-electron chi connectivity index (χ3n) is 3.04. The predicted molar refractivity (Wildman–Crippen MR) is 75.4 cm³/mol. The number of fused-ring (bicyclic) bond motifs is 1. The topological polar surface area (TPSA) is 73.3 Å². The molecule has 0 amide bonds. The molecule has 0 spiro atoms. The summed E-state index contributed by atoms with van der Waals surface area (Å²) in [5.41, 5.74) is 7.49.